The predicted molar refractivity (Wildman–Crippen MR) is 65.9 cm³/mol. The van der Waals surface area contributed by atoms with E-state index in [2.05, 4.69) is 9.71 Å². The van der Waals surface area contributed by atoms with Crippen LogP contribution in [0.3, 0.4) is 0 Å². The first-order valence-electron chi connectivity index (χ1n) is 5.53. The number of rotatable bonds is 6. The number of aromatic nitrogens is 1. The van der Waals surface area contributed by atoms with Gasteiger partial charge in [-0.15, -0.1) is 0 Å². The van der Waals surface area contributed by atoms with Crippen LogP contribution in [0.15, 0.2) is 18.3 Å². The molecular formula is C11H18N2O3S. The third kappa shape index (κ3) is 3.76. The number of hydrogen-bond acceptors (Lipinski definition) is 4. The molecule has 1 unspecified atom stereocenters. The zero-order chi connectivity index (χ0) is 12.9. The Morgan fingerprint density at radius 2 is 2.24 bits per heavy atom. The van der Waals surface area contributed by atoms with E-state index in [1.807, 2.05) is 19.1 Å². The molecule has 0 saturated heterocycles. The van der Waals surface area contributed by atoms with Gasteiger partial charge in [-0.25, -0.2) is 13.1 Å². The van der Waals surface area contributed by atoms with Crippen molar-refractivity contribution in [3.63, 3.8) is 0 Å². The Hall–Kier alpha value is -0.980. The van der Waals surface area contributed by atoms with Crippen molar-refractivity contribution in [1.82, 2.24) is 9.71 Å². The van der Waals surface area contributed by atoms with Crippen LogP contribution in [0.1, 0.15) is 25.1 Å². The summed E-state index contributed by atoms with van der Waals surface area (Å²) in [6.07, 6.45) is 2.44. The number of hydrogen-bond donors (Lipinski definition) is 2. The first kappa shape index (κ1) is 14.1. The van der Waals surface area contributed by atoms with E-state index in [9.17, 15) is 8.42 Å². The van der Waals surface area contributed by atoms with Gasteiger partial charge in [0.15, 0.2) is 0 Å². The highest BCUT2D eigenvalue weighted by Gasteiger charge is 2.19. The number of sulfonamides is 1. The summed E-state index contributed by atoms with van der Waals surface area (Å²) in [5, 5.41) is 8.02. The molecule has 0 spiro atoms. The summed E-state index contributed by atoms with van der Waals surface area (Å²) in [5.74, 6) is 0. The maximum absolute atomic E-state index is 11.6. The zero-order valence-corrected chi connectivity index (χ0v) is 10.9. The van der Waals surface area contributed by atoms with E-state index in [1.54, 1.807) is 6.20 Å². The van der Waals surface area contributed by atoms with Crippen LogP contribution >= 0.6 is 0 Å². The van der Waals surface area contributed by atoms with Crippen molar-refractivity contribution in [2.24, 2.45) is 0 Å². The van der Waals surface area contributed by atoms with Gasteiger partial charge in [-0.05, 0) is 25.0 Å². The molecule has 2 N–H and O–H groups in total. The molecule has 1 aromatic heterocycles. The standard InChI is InChI=1S/C11H18N2O3S/c1-3-10-5-4-6-12-11(10)7-13-17(15,16)9(2)8-14/h4-6,9,13-14H,3,7-8H2,1-2H3. The maximum atomic E-state index is 11.6. The van der Waals surface area contributed by atoms with Crippen LogP contribution in [0.4, 0.5) is 0 Å². The van der Waals surface area contributed by atoms with Gasteiger partial charge >= 0.3 is 0 Å². The average molecular weight is 258 g/mol. The molecule has 6 heteroatoms. The van der Waals surface area contributed by atoms with E-state index in [0.717, 1.165) is 17.7 Å². The first-order valence-corrected chi connectivity index (χ1v) is 7.08. The maximum Gasteiger partial charge on any atom is 0.216 e. The van der Waals surface area contributed by atoms with Crippen molar-refractivity contribution >= 4 is 10.0 Å². The van der Waals surface area contributed by atoms with Crippen molar-refractivity contribution < 1.29 is 13.5 Å². The van der Waals surface area contributed by atoms with Crippen LogP contribution in [-0.4, -0.2) is 30.4 Å². The molecule has 0 aromatic carbocycles. The summed E-state index contributed by atoms with van der Waals surface area (Å²) in [6, 6.07) is 3.75. The van der Waals surface area contributed by atoms with Crippen LogP contribution in [0.25, 0.3) is 0 Å². The van der Waals surface area contributed by atoms with Gasteiger partial charge < -0.3 is 5.11 Å². The van der Waals surface area contributed by atoms with Gasteiger partial charge in [0.1, 0.15) is 0 Å². The molecule has 17 heavy (non-hydrogen) atoms. The van der Waals surface area contributed by atoms with E-state index in [4.69, 9.17) is 5.11 Å². The lowest BCUT2D eigenvalue weighted by Gasteiger charge is -2.12. The molecule has 0 aliphatic carbocycles. The minimum absolute atomic E-state index is 0.163. The fourth-order valence-electron chi connectivity index (χ4n) is 1.36. The number of aliphatic hydroxyl groups is 1. The molecule has 0 radical (unpaired) electrons. The van der Waals surface area contributed by atoms with E-state index in [-0.39, 0.29) is 6.54 Å². The predicted octanol–water partition coefficient (Wildman–Crippen LogP) is 0.444. The molecule has 1 atom stereocenters. The Balaban J connectivity index is 2.74. The highest BCUT2D eigenvalue weighted by Crippen LogP contribution is 2.07. The summed E-state index contributed by atoms with van der Waals surface area (Å²) < 4.78 is 25.7. The smallest absolute Gasteiger partial charge is 0.216 e. The lowest BCUT2D eigenvalue weighted by Crippen LogP contribution is -2.34. The fourth-order valence-corrected chi connectivity index (χ4v) is 2.18. The van der Waals surface area contributed by atoms with Crippen LogP contribution < -0.4 is 4.72 Å². The van der Waals surface area contributed by atoms with Gasteiger partial charge in [0.2, 0.25) is 10.0 Å². The Morgan fingerprint density at radius 1 is 1.53 bits per heavy atom. The van der Waals surface area contributed by atoms with Gasteiger partial charge in [-0.2, -0.15) is 0 Å². The molecule has 0 aliphatic heterocycles. The van der Waals surface area contributed by atoms with Crippen molar-refractivity contribution in [3.8, 4) is 0 Å². The molecule has 0 saturated carbocycles. The summed E-state index contributed by atoms with van der Waals surface area (Å²) in [6.45, 7) is 3.22. The lowest BCUT2D eigenvalue weighted by atomic mass is 10.1. The van der Waals surface area contributed by atoms with Crippen LogP contribution in [-0.2, 0) is 23.0 Å². The Morgan fingerprint density at radius 3 is 2.82 bits per heavy atom. The Bertz CT molecular complexity index is 460. The largest absolute Gasteiger partial charge is 0.395 e. The summed E-state index contributed by atoms with van der Waals surface area (Å²) >= 11 is 0. The molecule has 5 nitrogen and oxygen atoms in total. The monoisotopic (exact) mass is 258 g/mol. The van der Waals surface area contributed by atoms with E-state index in [0.29, 0.717) is 0 Å². The number of aliphatic hydroxyl groups excluding tert-OH is 1. The molecule has 96 valence electrons. The first-order chi connectivity index (χ1) is 8.01. The molecular weight excluding hydrogens is 240 g/mol. The lowest BCUT2D eigenvalue weighted by molar-refractivity contribution is 0.294. The molecule has 1 aromatic rings. The van der Waals surface area contributed by atoms with E-state index >= 15 is 0 Å². The SMILES string of the molecule is CCc1cccnc1CNS(=O)(=O)C(C)CO. The van der Waals surface area contributed by atoms with Gasteiger partial charge in [-0.3, -0.25) is 4.98 Å². The minimum Gasteiger partial charge on any atom is -0.395 e. The van der Waals surface area contributed by atoms with Crippen molar-refractivity contribution in [2.45, 2.75) is 32.1 Å². The molecule has 1 heterocycles. The van der Waals surface area contributed by atoms with Crippen LogP contribution in [0.5, 0.6) is 0 Å². The Kier molecular flexibility index (Phi) is 5.04. The third-order valence-electron chi connectivity index (χ3n) is 2.59. The number of pyridine rings is 1. The van der Waals surface area contributed by atoms with Crippen molar-refractivity contribution in [2.75, 3.05) is 6.61 Å². The van der Waals surface area contributed by atoms with E-state index in [1.165, 1.54) is 6.92 Å². The summed E-state index contributed by atoms with van der Waals surface area (Å²) in [5.41, 5.74) is 1.75. The average Bonchev–Trinajstić information content (AvgIpc) is 2.35. The van der Waals surface area contributed by atoms with Gasteiger partial charge in [0.05, 0.1) is 24.1 Å². The highest BCUT2D eigenvalue weighted by molar-refractivity contribution is 7.90. The summed E-state index contributed by atoms with van der Waals surface area (Å²) in [7, 11) is -3.47. The number of nitrogens with zero attached hydrogens (tertiary/aromatic N) is 1. The second kappa shape index (κ2) is 6.09. The molecule has 0 bridgehead atoms. The normalized spacial score (nSPS) is 13.6. The van der Waals surface area contributed by atoms with E-state index < -0.39 is 21.9 Å². The van der Waals surface area contributed by atoms with Gasteiger partial charge in [0.25, 0.3) is 0 Å². The Labute approximate surface area is 102 Å². The van der Waals surface area contributed by atoms with Gasteiger partial charge in [0, 0.05) is 6.20 Å². The number of nitrogens with one attached hydrogen (secondary N) is 1. The van der Waals surface area contributed by atoms with Crippen molar-refractivity contribution in [1.29, 1.82) is 0 Å². The minimum atomic E-state index is -3.47. The summed E-state index contributed by atoms with van der Waals surface area (Å²) in [4.78, 5) is 4.15. The number of aryl methyl sites for hydroxylation is 1. The topological polar surface area (TPSA) is 79.3 Å². The highest BCUT2D eigenvalue weighted by atomic mass is 32.2. The van der Waals surface area contributed by atoms with Crippen LogP contribution in [0, 0.1) is 0 Å². The molecule has 1 rings (SSSR count). The second-order valence-corrected chi connectivity index (χ2v) is 6.01. The fraction of sp³-hybridized carbons (Fsp3) is 0.545. The van der Waals surface area contributed by atoms with Crippen LogP contribution in [0.2, 0.25) is 0 Å². The second-order valence-electron chi connectivity index (χ2n) is 3.82. The zero-order valence-electron chi connectivity index (χ0n) is 10.0. The third-order valence-corrected chi connectivity index (χ3v) is 4.35. The molecule has 0 amide bonds. The quantitative estimate of drug-likeness (QED) is 0.776. The van der Waals surface area contributed by atoms with Crippen molar-refractivity contribution in [3.05, 3.63) is 29.6 Å². The molecule has 0 fully saturated rings. The molecule has 0 aliphatic rings. The van der Waals surface area contributed by atoms with Gasteiger partial charge in [-0.1, -0.05) is 13.0 Å².